The number of carbonyl (C=O) groups excluding carboxylic acids is 1. The fraction of sp³-hybridized carbons (Fsp3) is 0.321. The van der Waals surface area contributed by atoms with Crippen LogP contribution in [-0.4, -0.2) is 53.2 Å². The van der Waals surface area contributed by atoms with Crippen molar-refractivity contribution >= 4 is 28.1 Å². The highest BCUT2D eigenvalue weighted by atomic mass is 32.1. The number of aromatic nitrogens is 1. The third kappa shape index (κ3) is 4.42. The Labute approximate surface area is 209 Å². The van der Waals surface area contributed by atoms with E-state index in [1.807, 2.05) is 11.0 Å². The van der Waals surface area contributed by atoms with Gasteiger partial charge in [-0.25, -0.2) is 0 Å². The highest BCUT2D eigenvalue weighted by Crippen LogP contribution is 2.37. The molecular weight excluding hydrogens is 458 g/mol. The molecule has 1 amide bonds. The molecule has 1 atom stereocenters. The fourth-order valence-corrected chi connectivity index (χ4v) is 6.11. The molecule has 1 saturated heterocycles. The lowest BCUT2D eigenvalue weighted by molar-refractivity contribution is -0.133. The van der Waals surface area contributed by atoms with Gasteiger partial charge in [-0.2, -0.15) is 0 Å². The van der Waals surface area contributed by atoms with Crippen molar-refractivity contribution in [3.8, 4) is 11.5 Å². The van der Waals surface area contributed by atoms with Crippen molar-refractivity contribution in [2.24, 2.45) is 7.05 Å². The second-order valence-corrected chi connectivity index (χ2v) is 10.3. The Morgan fingerprint density at radius 3 is 2.66 bits per heavy atom. The minimum Gasteiger partial charge on any atom is -0.454 e. The van der Waals surface area contributed by atoms with Gasteiger partial charge in [0, 0.05) is 74.1 Å². The third-order valence-electron chi connectivity index (χ3n) is 7.14. The molecule has 2 aromatic carbocycles. The highest BCUT2D eigenvalue weighted by molar-refractivity contribution is 7.10. The van der Waals surface area contributed by atoms with Crippen molar-refractivity contribution in [2.75, 3.05) is 33.0 Å². The molecule has 2 aromatic heterocycles. The predicted molar refractivity (Wildman–Crippen MR) is 138 cm³/mol. The Balaban J connectivity index is 1.13. The molecule has 7 heteroatoms. The van der Waals surface area contributed by atoms with Crippen LogP contribution in [-0.2, 0) is 18.4 Å². The number of carbonyl (C=O) groups is 1. The molecule has 2 aliphatic rings. The summed E-state index contributed by atoms with van der Waals surface area (Å²) in [5, 5.41) is 3.34. The van der Waals surface area contributed by atoms with Gasteiger partial charge in [0.05, 0.1) is 0 Å². The number of benzene rings is 2. The van der Waals surface area contributed by atoms with Crippen molar-refractivity contribution in [3.63, 3.8) is 0 Å². The van der Waals surface area contributed by atoms with E-state index in [0.29, 0.717) is 13.2 Å². The third-order valence-corrected chi connectivity index (χ3v) is 8.12. The van der Waals surface area contributed by atoms with Gasteiger partial charge in [-0.1, -0.05) is 30.3 Å². The minimum atomic E-state index is 0.0697. The van der Waals surface area contributed by atoms with E-state index < -0.39 is 0 Å². The topological polar surface area (TPSA) is 46.9 Å². The summed E-state index contributed by atoms with van der Waals surface area (Å²) >= 11 is 1.73. The van der Waals surface area contributed by atoms with Crippen molar-refractivity contribution in [3.05, 3.63) is 82.2 Å². The molecule has 6 nitrogen and oxygen atoms in total. The Bertz CT molecular complexity index is 1340. The van der Waals surface area contributed by atoms with Crippen LogP contribution in [0.15, 0.2) is 66.2 Å². The first-order valence-corrected chi connectivity index (χ1v) is 13.0. The van der Waals surface area contributed by atoms with Crippen LogP contribution >= 0.6 is 11.3 Å². The number of hydrogen-bond acceptors (Lipinski definition) is 5. The summed E-state index contributed by atoms with van der Waals surface area (Å²) < 4.78 is 13.1. The molecule has 6 rings (SSSR count). The van der Waals surface area contributed by atoms with Gasteiger partial charge >= 0.3 is 0 Å². The second-order valence-electron chi connectivity index (χ2n) is 9.33. The first-order chi connectivity index (χ1) is 17.2. The quantitative estimate of drug-likeness (QED) is 0.391. The van der Waals surface area contributed by atoms with Gasteiger partial charge in [0.1, 0.15) is 0 Å². The van der Waals surface area contributed by atoms with Gasteiger partial charge in [-0.3, -0.25) is 9.69 Å². The standard InChI is InChI=1S/C28H29N3O3S/c1-29-18-23(21-5-2-3-6-24(21)29)22(27-7-4-14-35-27)16-28(32)31-12-10-30(11-13-31)17-20-8-9-25-26(15-20)34-19-33-25/h2-9,14-15,18,22H,10-13,16-17,19H2,1H3. The maximum atomic E-state index is 13.5. The number of hydrogen-bond donors (Lipinski definition) is 0. The molecule has 0 radical (unpaired) electrons. The van der Waals surface area contributed by atoms with E-state index in [9.17, 15) is 4.79 Å². The van der Waals surface area contributed by atoms with Crippen molar-refractivity contribution < 1.29 is 14.3 Å². The van der Waals surface area contributed by atoms with E-state index in [4.69, 9.17) is 9.47 Å². The zero-order valence-electron chi connectivity index (χ0n) is 19.9. The summed E-state index contributed by atoms with van der Waals surface area (Å²) in [7, 11) is 2.08. The maximum absolute atomic E-state index is 13.5. The van der Waals surface area contributed by atoms with E-state index in [1.165, 1.54) is 26.9 Å². The van der Waals surface area contributed by atoms with Gasteiger partial charge in [-0.15, -0.1) is 11.3 Å². The van der Waals surface area contributed by atoms with Crippen LogP contribution in [0.3, 0.4) is 0 Å². The zero-order chi connectivity index (χ0) is 23.8. The molecule has 0 aliphatic carbocycles. The predicted octanol–water partition coefficient (Wildman–Crippen LogP) is 4.83. The summed E-state index contributed by atoms with van der Waals surface area (Å²) in [6, 6.07) is 18.9. The Morgan fingerprint density at radius 2 is 1.83 bits per heavy atom. The van der Waals surface area contributed by atoms with Crippen LogP contribution in [0.4, 0.5) is 0 Å². The number of rotatable bonds is 6. The molecule has 0 bridgehead atoms. The molecule has 2 aliphatic heterocycles. The Morgan fingerprint density at radius 1 is 1.00 bits per heavy atom. The number of piperazine rings is 1. The molecule has 4 aromatic rings. The molecule has 0 saturated carbocycles. The van der Waals surface area contributed by atoms with E-state index in [-0.39, 0.29) is 11.8 Å². The van der Waals surface area contributed by atoms with Crippen molar-refractivity contribution in [1.29, 1.82) is 0 Å². The van der Waals surface area contributed by atoms with Crippen LogP contribution in [0.5, 0.6) is 11.5 Å². The number of amides is 1. The molecule has 1 fully saturated rings. The number of fused-ring (bicyclic) bond motifs is 2. The van der Waals surface area contributed by atoms with E-state index in [2.05, 4.69) is 76.6 Å². The number of para-hydroxylation sites is 1. The van der Waals surface area contributed by atoms with Crippen molar-refractivity contribution in [2.45, 2.75) is 18.9 Å². The number of ether oxygens (including phenoxy) is 2. The smallest absolute Gasteiger partial charge is 0.231 e. The van der Waals surface area contributed by atoms with Crippen molar-refractivity contribution in [1.82, 2.24) is 14.4 Å². The second kappa shape index (κ2) is 9.40. The summed E-state index contributed by atoms with van der Waals surface area (Å²) in [6.45, 7) is 4.42. The average Bonchev–Trinajstić information content (AvgIpc) is 3.64. The summed E-state index contributed by atoms with van der Waals surface area (Å²) in [5.41, 5.74) is 3.65. The summed E-state index contributed by atoms with van der Waals surface area (Å²) in [4.78, 5) is 19.2. The summed E-state index contributed by atoms with van der Waals surface area (Å²) in [6.07, 6.45) is 2.70. The minimum absolute atomic E-state index is 0.0697. The molecule has 1 unspecified atom stereocenters. The largest absolute Gasteiger partial charge is 0.454 e. The van der Waals surface area contributed by atoms with Gasteiger partial charge in [-0.05, 0) is 40.8 Å². The lowest BCUT2D eigenvalue weighted by Gasteiger charge is -2.35. The first kappa shape index (κ1) is 22.2. The van der Waals surface area contributed by atoms with Gasteiger partial charge in [0.25, 0.3) is 0 Å². The van der Waals surface area contributed by atoms with Crippen LogP contribution < -0.4 is 9.47 Å². The van der Waals surface area contributed by atoms with E-state index >= 15 is 0 Å². The molecule has 0 spiro atoms. The summed E-state index contributed by atoms with van der Waals surface area (Å²) in [5.74, 6) is 1.94. The molecule has 35 heavy (non-hydrogen) atoms. The van der Waals surface area contributed by atoms with Gasteiger partial charge in [0.15, 0.2) is 11.5 Å². The molecule has 4 heterocycles. The van der Waals surface area contributed by atoms with Crippen LogP contribution in [0.2, 0.25) is 0 Å². The van der Waals surface area contributed by atoms with Gasteiger partial charge in [0.2, 0.25) is 12.7 Å². The lowest BCUT2D eigenvalue weighted by atomic mass is 9.93. The first-order valence-electron chi connectivity index (χ1n) is 12.1. The molecule has 0 N–H and O–H groups in total. The average molecular weight is 488 g/mol. The van der Waals surface area contributed by atoms with Crippen LogP contribution in [0.1, 0.15) is 28.3 Å². The highest BCUT2D eigenvalue weighted by Gasteiger charge is 2.28. The lowest BCUT2D eigenvalue weighted by Crippen LogP contribution is -2.48. The monoisotopic (exact) mass is 487 g/mol. The van der Waals surface area contributed by atoms with E-state index in [1.54, 1.807) is 11.3 Å². The maximum Gasteiger partial charge on any atom is 0.231 e. The number of thiophene rings is 1. The molecular formula is C28H29N3O3S. The Kier molecular flexibility index (Phi) is 5.96. The zero-order valence-corrected chi connectivity index (χ0v) is 20.7. The number of nitrogens with zero attached hydrogens (tertiary/aromatic N) is 3. The normalized spacial score (nSPS) is 16.7. The van der Waals surface area contributed by atoms with E-state index in [0.717, 1.165) is 44.2 Å². The molecule has 180 valence electrons. The van der Waals surface area contributed by atoms with Crippen LogP contribution in [0.25, 0.3) is 10.9 Å². The fourth-order valence-electron chi connectivity index (χ4n) is 5.26. The Hall–Kier alpha value is -3.29. The SMILES string of the molecule is Cn1cc(C(CC(=O)N2CCN(Cc3ccc4c(c3)OCO4)CC2)c2cccs2)c2ccccc21. The number of aryl methyl sites for hydroxylation is 1. The van der Waals surface area contributed by atoms with Gasteiger partial charge < -0.3 is 18.9 Å². The van der Waals surface area contributed by atoms with Crippen LogP contribution in [0, 0.1) is 0 Å².